The maximum atomic E-state index is 11.9. The molecule has 1 atom stereocenters. The standard InChI is InChI=1S/C13H20N2O4S/c1-3-19-13(16)7-8-20(17,18)15-10(2)11-5-4-6-12(14)9-11/h4-6,9-10,15H,3,7-8,14H2,1-2H3. The van der Waals surface area contributed by atoms with Crippen molar-refractivity contribution >= 4 is 21.7 Å². The molecular formula is C13H20N2O4S. The van der Waals surface area contributed by atoms with Crippen molar-refractivity contribution in [2.75, 3.05) is 18.1 Å². The van der Waals surface area contributed by atoms with Gasteiger partial charge in [-0.25, -0.2) is 13.1 Å². The first-order valence-electron chi connectivity index (χ1n) is 6.35. The van der Waals surface area contributed by atoms with Crippen LogP contribution in [0.4, 0.5) is 5.69 Å². The lowest BCUT2D eigenvalue weighted by atomic mass is 10.1. The Labute approximate surface area is 119 Å². The summed E-state index contributed by atoms with van der Waals surface area (Å²) < 4.78 is 30.9. The van der Waals surface area contributed by atoms with Crippen LogP contribution in [0.2, 0.25) is 0 Å². The maximum absolute atomic E-state index is 11.9. The second-order valence-electron chi connectivity index (χ2n) is 4.38. The number of esters is 1. The third-order valence-corrected chi connectivity index (χ3v) is 4.10. The summed E-state index contributed by atoms with van der Waals surface area (Å²) in [5.41, 5.74) is 6.99. The number of rotatable bonds is 7. The summed E-state index contributed by atoms with van der Waals surface area (Å²) in [6.45, 7) is 3.63. The number of sulfonamides is 1. The number of carbonyl (C=O) groups excluding carboxylic acids is 1. The van der Waals surface area contributed by atoms with Gasteiger partial charge in [-0.2, -0.15) is 0 Å². The van der Waals surface area contributed by atoms with Crippen LogP contribution in [0.25, 0.3) is 0 Å². The average molecular weight is 300 g/mol. The lowest BCUT2D eigenvalue weighted by molar-refractivity contribution is -0.142. The van der Waals surface area contributed by atoms with E-state index in [1.165, 1.54) is 0 Å². The third-order valence-electron chi connectivity index (χ3n) is 2.65. The monoisotopic (exact) mass is 300 g/mol. The number of ether oxygens (including phenoxy) is 1. The van der Waals surface area contributed by atoms with E-state index in [9.17, 15) is 13.2 Å². The Kier molecular flexibility index (Phi) is 5.97. The summed E-state index contributed by atoms with van der Waals surface area (Å²) in [4.78, 5) is 11.2. The summed E-state index contributed by atoms with van der Waals surface area (Å²) in [7, 11) is -3.55. The van der Waals surface area contributed by atoms with Gasteiger partial charge in [0.05, 0.1) is 18.8 Å². The van der Waals surface area contributed by atoms with Gasteiger partial charge in [0, 0.05) is 11.7 Å². The molecule has 1 rings (SSSR count). The van der Waals surface area contributed by atoms with E-state index in [2.05, 4.69) is 4.72 Å². The molecule has 1 aromatic carbocycles. The van der Waals surface area contributed by atoms with Gasteiger partial charge in [-0.3, -0.25) is 4.79 Å². The van der Waals surface area contributed by atoms with Crippen LogP contribution in [0, 0.1) is 0 Å². The first kappa shape index (κ1) is 16.5. The van der Waals surface area contributed by atoms with Crippen LogP contribution in [0.3, 0.4) is 0 Å². The molecule has 112 valence electrons. The number of nitrogens with one attached hydrogen (secondary N) is 1. The summed E-state index contributed by atoms with van der Waals surface area (Å²) in [6.07, 6.45) is -0.160. The Morgan fingerprint density at radius 2 is 2.15 bits per heavy atom. The van der Waals surface area contributed by atoms with E-state index in [4.69, 9.17) is 10.5 Å². The van der Waals surface area contributed by atoms with Gasteiger partial charge in [-0.15, -0.1) is 0 Å². The Morgan fingerprint density at radius 1 is 1.45 bits per heavy atom. The molecule has 0 saturated heterocycles. The maximum Gasteiger partial charge on any atom is 0.306 e. The number of hydrogen-bond acceptors (Lipinski definition) is 5. The molecular weight excluding hydrogens is 280 g/mol. The second kappa shape index (κ2) is 7.25. The lowest BCUT2D eigenvalue weighted by Crippen LogP contribution is -2.30. The Morgan fingerprint density at radius 3 is 2.75 bits per heavy atom. The molecule has 0 heterocycles. The van der Waals surface area contributed by atoms with Crippen LogP contribution in [0.15, 0.2) is 24.3 Å². The topological polar surface area (TPSA) is 98.5 Å². The van der Waals surface area contributed by atoms with Gasteiger partial charge in [0.25, 0.3) is 0 Å². The SMILES string of the molecule is CCOC(=O)CCS(=O)(=O)NC(C)c1cccc(N)c1. The van der Waals surface area contributed by atoms with Crippen molar-refractivity contribution in [1.29, 1.82) is 0 Å². The molecule has 0 aliphatic carbocycles. The van der Waals surface area contributed by atoms with E-state index < -0.39 is 22.0 Å². The smallest absolute Gasteiger partial charge is 0.306 e. The zero-order chi connectivity index (χ0) is 15.2. The Hall–Kier alpha value is -1.60. The van der Waals surface area contributed by atoms with Crippen LogP contribution >= 0.6 is 0 Å². The first-order valence-corrected chi connectivity index (χ1v) is 8.00. The fourth-order valence-corrected chi connectivity index (χ4v) is 2.90. The van der Waals surface area contributed by atoms with Crippen LogP contribution in [-0.4, -0.2) is 26.7 Å². The number of carbonyl (C=O) groups is 1. The summed E-state index contributed by atoms with van der Waals surface area (Å²) in [5, 5.41) is 0. The number of nitrogens with two attached hydrogens (primary N) is 1. The van der Waals surface area contributed by atoms with Gasteiger partial charge in [0.1, 0.15) is 0 Å². The largest absolute Gasteiger partial charge is 0.466 e. The van der Waals surface area contributed by atoms with Crippen molar-refractivity contribution in [2.24, 2.45) is 0 Å². The quantitative estimate of drug-likeness (QED) is 0.582. The van der Waals surface area contributed by atoms with Gasteiger partial charge < -0.3 is 10.5 Å². The van der Waals surface area contributed by atoms with E-state index in [0.29, 0.717) is 5.69 Å². The molecule has 0 radical (unpaired) electrons. The van der Waals surface area contributed by atoms with Crippen molar-refractivity contribution in [3.05, 3.63) is 29.8 Å². The molecule has 1 unspecified atom stereocenters. The van der Waals surface area contributed by atoms with Crippen LogP contribution in [-0.2, 0) is 19.6 Å². The zero-order valence-corrected chi connectivity index (χ0v) is 12.4. The predicted octanol–water partition coefficient (Wildman–Crippen LogP) is 1.20. The van der Waals surface area contributed by atoms with E-state index >= 15 is 0 Å². The highest BCUT2D eigenvalue weighted by Crippen LogP contribution is 2.16. The van der Waals surface area contributed by atoms with Crippen LogP contribution < -0.4 is 10.5 Å². The van der Waals surface area contributed by atoms with Crippen molar-refractivity contribution < 1.29 is 17.9 Å². The predicted molar refractivity (Wildman–Crippen MR) is 77.4 cm³/mol. The van der Waals surface area contributed by atoms with Gasteiger partial charge in [0.15, 0.2) is 0 Å². The number of benzene rings is 1. The molecule has 0 fully saturated rings. The Bertz CT molecular complexity index is 557. The van der Waals surface area contributed by atoms with Gasteiger partial charge >= 0.3 is 5.97 Å². The molecule has 0 amide bonds. The van der Waals surface area contributed by atoms with Crippen LogP contribution in [0.5, 0.6) is 0 Å². The minimum Gasteiger partial charge on any atom is -0.466 e. The Balaban J connectivity index is 2.59. The van der Waals surface area contributed by atoms with Crippen molar-refractivity contribution in [2.45, 2.75) is 26.3 Å². The lowest BCUT2D eigenvalue weighted by Gasteiger charge is -2.15. The highest BCUT2D eigenvalue weighted by molar-refractivity contribution is 7.89. The molecule has 0 saturated carbocycles. The van der Waals surface area contributed by atoms with Crippen molar-refractivity contribution in [3.63, 3.8) is 0 Å². The molecule has 0 aromatic heterocycles. The summed E-state index contributed by atoms with van der Waals surface area (Å²) in [5.74, 6) is -0.812. The molecule has 0 spiro atoms. The minimum atomic E-state index is -3.55. The number of hydrogen-bond donors (Lipinski definition) is 2. The van der Waals surface area contributed by atoms with Crippen molar-refractivity contribution in [3.8, 4) is 0 Å². The molecule has 6 nitrogen and oxygen atoms in total. The summed E-state index contributed by atoms with van der Waals surface area (Å²) >= 11 is 0. The minimum absolute atomic E-state index is 0.160. The van der Waals surface area contributed by atoms with Gasteiger partial charge in [-0.1, -0.05) is 12.1 Å². The van der Waals surface area contributed by atoms with Gasteiger partial charge in [0.2, 0.25) is 10.0 Å². The molecule has 0 aliphatic rings. The van der Waals surface area contributed by atoms with Crippen molar-refractivity contribution in [1.82, 2.24) is 4.72 Å². The van der Waals surface area contributed by atoms with Crippen LogP contribution in [0.1, 0.15) is 31.9 Å². The third kappa shape index (κ3) is 5.58. The number of nitrogen functional groups attached to an aromatic ring is 1. The highest BCUT2D eigenvalue weighted by Gasteiger charge is 2.17. The van der Waals surface area contributed by atoms with E-state index in [1.807, 2.05) is 0 Å². The molecule has 3 N–H and O–H groups in total. The zero-order valence-electron chi connectivity index (χ0n) is 11.6. The summed E-state index contributed by atoms with van der Waals surface area (Å²) in [6, 6.07) is 6.57. The molecule has 0 bridgehead atoms. The second-order valence-corrected chi connectivity index (χ2v) is 6.26. The van der Waals surface area contributed by atoms with E-state index in [-0.39, 0.29) is 18.8 Å². The molecule has 0 aliphatic heterocycles. The van der Waals surface area contributed by atoms with E-state index in [1.54, 1.807) is 38.1 Å². The fraction of sp³-hybridized carbons (Fsp3) is 0.462. The first-order chi connectivity index (χ1) is 9.34. The van der Waals surface area contributed by atoms with Gasteiger partial charge in [-0.05, 0) is 31.5 Å². The van der Waals surface area contributed by atoms with E-state index in [0.717, 1.165) is 5.56 Å². The highest BCUT2D eigenvalue weighted by atomic mass is 32.2. The normalized spacial score (nSPS) is 12.9. The molecule has 7 heteroatoms. The average Bonchev–Trinajstić information content (AvgIpc) is 2.36. The molecule has 1 aromatic rings. The molecule has 20 heavy (non-hydrogen) atoms. The fourth-order valence-electron chi connectivity index (χ4n) is 1.68. The number of anilines is 1.